The second-order valence-corrected chi connectivity index (χ2v) is 7.33. The smallest absolute Gasteiger partial charge is 0.339 e. The molecule has 8 nitrogen and oxygen atoms in total. The van der Waals surface area contributed by atoms with E-state index in [1.165, 1.54) is 12.1 Å². The van der Waals surface area contributed by atoms with Gasteiger partial charge < -0.3 is 18.9 Å². The van der Waals surface area contributed by atoms with Gasteiger partial charge in [0.15, 0.2) is 0 Å². The predicted octanol–water partition coefficient (Wildman–Crippen LogP) is 4.36. The molecule has 0 heterocycles. The maximum absolute atomic E-state index is 12.4. The largest absolute Gasteiger partial charge is 0.454 e. The van der Waals surface area contributed by atoms with Crippen LogP contribution in [0, 0.1) is 0 Å². The molecule has 0 bridgehead atoms. The summed E-state index contributed by atoms with van der Waals surface area (Å²) in [6.07, 6.45) is 0.256. The van der Waals surface area contributed by atoms with Crippen LogP contribution < -0.4 is 0 Å². The lowest BCUT2D eigenvalue weighted by Crippen LogP contribution is -2.16. The summed E-state index contributed by atoms with van der Waals surface area (Å²) in [6.45, 7) is 0. The van der Waals surface area contributed by atoms with Gasteiger partial charge in [0.1, 0.15) is 22.1 Å². The Hall–Kier alpha value is -0.980. The summed E-state index contributed by atoms with van der Waals surface area (Å²) < 4.78 is 19.7. The van der Waals surface area contributed by atoms with Gasteiger partial charge in [-0.3, -0.25) is 9.59 Å². The minimum atomic E-state index is -0.638. The SMILES string of the molecule is O=C(CCc1cc(C(=O)OCBr)c(CCC(=O)OCBr)cc1C(=O)OCBr)OCBr. The first-order valence-electron chi connectivity index (χ1n) is 8.43. The molecule has 0 radical (unpaired) electrons. The number of carbonyl (C=O) groups is 4. The van der Waals surface area contributed by atoms with Gasteiger partial charge in [0.2, 0.25) is 0 Å². The number of halogens is 4. The fourth-order valence-electron chi connectivity index (χ4n) is 2.48. The minimum Gasteiger partial charge on any atom is -0.454 e. The highest BCUT2D eigenvalue weighted by atomic mass is 79.9. The summed E-state index contributed by atoms with van der Waals surface area (Å²) in [6, 6.07) is 2.95. The van der Waals surface area contributed by atoms with Gasteiger partial charge in [-0.05, 0) is 99.8 Å². The van der Waals surface area contributed by atoms with Crippen LogP contribution in [0.25, 0.3) is 0 Å². The first-order chi connectivity index (χ1) is 14.4. The van der Waals surface area contributed by atoms with E-state index in [2.05, 4.69) is 63.7 Å². The third-order valence-electron chi connectivity index (χ3n) is 3.77. The molecule has 12 heteroatoms. The molecular formula is C18H18Br4O8. The van der Waals surface area contributed by atoms with Gasteiger partial charge in [-0.15, -0.1) is 0 Å². The fraction of sp³-hybridized carbons (Fsp3) is 0.444. The molecule has 0 aliphatic heterocycles. The monoisotopic (exact) mass is 678 g/mol. The molecule has 166 valence electrons. The molecule has 0 atom stereocenters. The molecule has 0 spiro atoms. The Balaban J connectivity index is 3.33. The molecule has 0 aromatic heterocycles. The lowest BCUT2D eigenvalue weighted by molar-refractivity contribution is -0.142. The van der Waals surface area contributed by atoms with Crippen LogP contribution in [0.15, 0.2) is 12.1 Å². The number of benzene rings is 1. The number of alkyl halides is 4. The van der Waals surface area contributed by atoms with Gasteiger partial charge in [0.05, 0.1) is 11.1 Å². The first kappa shape index (κ1) is 27.1. The standard InChI is InChI=1S/C18H18Br4O8/c19-7-27-15(23)3-1-11-5-14(18(26)30-10-22)12(2-4-16(24)28-8-20)6-13(11)17(25)29-9-21/h5-6H,1-4,7-10H2. The van der Waals surface area contributed by atoms with Crippen molar-refractivity contribution in [2.45, 2.75) is 25.7 Å². The molecule has 0 aliphatic rings. The molecule has 0 saturated heterocycles. The van der Waals surface area contributed by atoms with Gasteiger partial charge >= 0.3 is 23.9 Å². The van der Waals surface area contributed by atoms with E-state index in [0.29, 0.717) is 11.1 Å². The summed E-state index contributed by atoms with van der Waals surface area (Å²) in [5.41, 5.74) is 1.24. The summed E-state index contributed by atoms with van der Waals surface area (Å²) >= 11 is 12.1. The maximum Gasteiger partial charge on any atom is 0.339 e. The van der Waals surface area contributed by atoms with Crippen molar-refractivity contribution in [3.05, 3.63) is 34.4 Å². The van der Waals surface area contributed by atoms with Crippen LogP contribution in [0.4, 0.5) is 0 Å². The molecule has 0 unspecified atom stereocenters. The van der Waals surface area contributed by atoms with Crippen molar-refractivity contribution in [3.63, 3.8) is 0 Å². The van der Waals surface area contributed by atoms with E-state index in [1.807, 2.05) is 0 Å². The van der Waals surface area contributed by atoms with E-state index in [1.54, 1.807) is 0 Å². The molecule has 1 rings (SSSR count). The zero-order valence-electron chi connectivity index (χ0n) is 15.6. The highest BCUT2D eigenvalue weighted by Crippen LogP contribution is 2.23. The highest BCUT2D eigenvalue weighted by molar-refractivity contribution is 9.09. The summed E-state index contributed by atoms with van der Waals surface area (Å²) in [5.74, 6) is -2.23. The summed E-state index contributed by atoms with van der Waals surface area (Å²) in [5, 5.41) is 0. The summed E-state index contributed by atoms with van der Waals surface area (Å²) in [7, 11) is 0. The second-order valence-electron chi connectivity index (χ2n) is 5.50. The number of hydrogen-bond donors (Lipinski definition) is 0. The number of esters is 4. The van der Waals surface area contributed by atoms with Crippen LogP contribution >= 0.6 is 63.7 Å². The highest BCUT2D eigenvalue weighted by Gasteiger charge is 2.22. The molecular weight excluding hydrogens is 664 g/mol. The molecule has 1 aromatic rings. The van der Waals surface area contributed by atoms with Gasteiger partial charge in [-0.1, -0.05) is 0 Å². The van der Waals surface area contributed by atoms with Crippen LogP contribution in [-0.4, -0.2) is 45.9 Å². The Morgan fingerprint density at radius 2 is 0.933 bits per heavy atom. The number of rotatable bonds is 12. The number of carbonyl (C=O) groups excluding carboxylic acids is 4. The Bertz CT molecular complexity index is 705. The number of hydrogen-bond acceptors (Lipinski definition) is 8. The molecule has 0 saturated carbocycles. The van der Waals surface area contributed by atoms with E-state index in [4.69, 9.17) is 18.9 Å². The zero-order valence-corrected chi connectivity index (χ0v) is 21.9. The van der Waals surface area contributed by atoms with E-state index in [9.17, 15) is 19.2 Å². The Labute approximate surface area is 206 Å². The van der Waals surface area contributed by atoms with Crippen LogP contribution in [0.2, 0.25) is 0 Å². The van der Waals surface area contributed by atoms with Crippen LogP contribution in [0.3, 0.4) is 0 Å². The average molecular weight is 682 g/mol. The third-order valence-corrected chi connectivity index (χ3v) is 4.68. The average Bonchev–Trinajstić information content (AvgIpc) is 2.71. The van der Waals surface area contributed by atoms with Gasteiger partial charge in [0.25, 0.3) is 0 Å². The Morgan fingerprint density at radius 3 is 1.23 bits per heavy atom. The summed E-state index contributed by atoms with van der Waals surface area (Å²) in [4.78, 5) is 48.3. The molecule has 30 heavy (non-hydrogen) atoms. The molecule has 1 aromatic carbocycles. The first-order valence-corrected chi connectivity index (χ1v) is 12.9. The van der Waals surface area contributed by atoms with E-state index in [-0.39, 0.29) is 58.9 Å². The molecule has 0 aliphatic carbocycles. The lowest BCUT2D eigenvalue weighted by atomic mass is 9.93. The lowest BCUT2D eigenvalue weighted by Gasteiger charge is -2.15. The van der Waals surface area contributed by atoms with Crippen molar-refractivity contribution in [2.75, 3.05) is 22.1 Å². The quantitative estimate of drug-likeness (QED) is 0.182. The normalized spacial score (nSPS) is 10.3. The van der Waals surface area contributed by atoms with Gasteiger partial charge in [-0.2, -0.15) is 0 Å². The van der Waals surface area contributed by atoms with Crippen molar-refractivity contribution in [2.24, 2.45) is 0 Å². The molecule has 0 fully saturated rings. The second kappa shape index (κ2) is 14.9. The predicted molar refractivity (Wildman–Crippen MR) is 121 cm³/mol. The number of ether oxygens (including phenoxy) is 4. The van der Waals surface area contributed by atoms with E-state index in [0.717, 1.165) is 0 Å². The van der Waals surface area contributed by atoms with Gasteiger partial charge in [0, 0.05) is 12.8 Å². The third kappa shape index (κ3) is 9.03. The van der Waals surface area contributed by atoms with Crippen LogP contribution in [-0.2, 0) is 41.4 Å². The molecule has 0 amide bonds. The zero-order chi connectivity index (χ0) is 22.5. The maximum atomic E-state index is 12.4. The van der Waals surface area contributed by atoms with Crippen molar-refractivity contribution < 1.29 is 38.1 Å². The number of aryl methyl sites for hydroxylation is 2. The van der Waals surface area contributed by atoms with Crippen molar-refractivity contribution in [1.29, 1.82) is 0 Å². The fourth-order valence-corrected chi connectivity index (χ4v) is 3.40. The van der Waals surface area contributed by atoms with Crippen molar-refractivity contribution >= 4 is 87.6 Å². The minimum absolute atomic E-state index is 0.00987. The van der Waals surface area contributed by atoms with Crippen molar-refractivity contribution in [1.82, 2.24) is 0 Å². The van der Waals surface area contributed by atoms with Crippen molar-refractivity contribution in [3.8, 4) is 0 Å². The topological polar surface area (TPSA) is 105 Å². The molecule has 0 N–H and O–H groups in total. The van der Waals surface area contributed by atoms with E-state index >= 15 is 0 Å². The van der Waals surface area contributed by atoms with Crippen LogP contribution in [0.1, 0.15) is 44.7 Å². The Morgan fingerprint density at radius 1 is 0.600 bits per heavy atom. The van der Waals surface area contributed by atoms with E-state index < -0.39 is 23.9 Å². The Kier molecular flexibility index (Phi) is 13.5. The van der Waals surface area contributed by atoms with Gasteiger partial charge in [-0.25, -0.2) is 9.59 Å². The van der Waals surface area contributed by atoms with Crippen LogP contribution in [0.5, 0.6) is 0 Å².